The molecule has 0 aromatic carbocycles. The molecule has 0 atom stereocenters. The zero-order valence-corrected chi connectivity index (χ0v) is 5.93. The molecule has 1 heterocycles. The van der Waals surface area contributed by atoms with Crippen LogP contribution in [0.4, 0.5) is 0 Å². The van der Waals surface area contributed by atoms with Crippen LogP contribution < -0.4 is 0 Å². The molecule has 0 radical (unpaired) electrons. The lowest BCUT2D eigenvalue weighted by Crippen LogP contribution is -2.30. The third kappa shape index (κ3) is 2.33. The fraction of sp³-hybridized carbons (Fsp3) is 1.00. The van der Waals surface area contributed by atoms with Crippen LogP contribution in [0.3, 0.4) is 0 Å². The summed E-state index contributed by atoms with van der Waals surface area (Å²) in [7, 11) is 0. The van der Waals surface area contributed by atoms with E-state index in [4.69, 9.17) is 9.47 Å². The Labute approximate surface area is 56.2 Å². The first-order valence-corrected chi connectivity index (χ1v) is 3.66. The summed E-state index contributed by atoms with van der Waals surface area (Å²) in [6.07, 6.45) is 5.02. The van der Waals surface area contributed by atoms with Gasteiger partial charge in [0.1, 0.15) is 0 Å². The predicted molar refractivity (Wildman–Crippen MR) is 35.0 cm³/mol. The van der Waals surface area contributed by atoms with E-state index in [-0.39, 0.29) is 6.29 Å². The summed E-state index contributed by atoms with van der Waals surface area (Å²) in [5, 5.41) is 0. The van der Waals surface area contributed by atoms with Gasteiger partial charge < -0.3 is 9.47 Å². The molecule has 0 spiro atoms. The van der Waals surface area contributed by atoms with Gasteiger partial charge in [0, 0.05) is 0 Å². The number of unbranched alkanes of at least 4 members (excludes halogenated alkanes) is 2. The maximum atomic E-state index is 5.06. The van der Waals surface area contributed by atoms with Crippen LogP contribution >= 0.6 is 0 Å². The fourth-order valence-electron chi connectivity index (χ4n) is 0.892. The van der Waals surface area contributed by atoms with Crippen LogP contribution in [-0.4, -0.2) is 13.1 Å². The molecule has 2 heteroatoms. The minimum Gasteiger partial charge on any atom is -0.326 e. The summed E-state index contributed by atoms with van der Waals surface area (Å²) in [5.41, 5.74) is 0. The average Bonchev–Trinajstić information content (AvgIpc) is 1.76. The van der Waals surface area contributed by atoms with Crippen molar-refractivity contribution in [2.45, 2.75) is 38.9 Å². The SMILES string of the molecule is CCCCCC1OCO1. The number of hydrogen-bond acceptors (Lipinski definition) is 2. The Hall–Kier alpha value is -0.0800. The third-order valence-corrected chi connectivity index (χ3v) is 1.55. The molecule has 0 amide bonds. The minimum absolute atomic E-state index is 0.136. The highest BCUT2D eigenvalue weighted by Crippen LogP contribution is 2.14. The Bertz CT molecular complexity index is 69.3. The Balaban J connectivity index is 1.80. The van der Waals surface area contributed by atoms with Crippen molar-refractivity contribution in [2.75, 3.05) is 6.79 Å². The van der Waals surface area contributed by atoms with Gasteiger partial charge in [-0.2, -0.15) is 0 Å². The van der Waals surface area contributed by atoms with Crippen molar-refractivity contribution in [1.82, 2.24) is 0 Å². The van der Waals surface area contributed by atoms with Crippen LogP contribution in [0, 0.1) is 0 Å². The minimum atomic E-state index is 0.136. The standard InChI is InChI=1S/C7H14O2/c1-2-3-4-5-7-8-6-9-7/h7H,2-6H2,1H3. The van der Waals surface area contributed by atoms with E-state index in [1.807, 2.05) is 0 Å². The van der Waals surface area contributed by atoms with E-state index >= 15 is 0 Å². The normalized spacial score (nSPS) is 19.7. The summed E-state index contributed by atoms with van der Waals surface area (Å²) in [6, 6.07) is 0. The van der Waals surface area contributed by atoms with Crippen molar-refractivity contribution in [2.24, 2.45) is 0 Å². The molecule has 1 aliphatic rings. The van der Waals surface area contributed by atoms with Gasteiger partial charge in [-0.05, 0) is 12.8 Å². The van der Waals surface area contributed by atoms with Crippen molar-refractivity contribution in [3.05, 3.63) is 0 Å². The zero-order chi connectivity index (χ0) is 6.53. The zero-order valence-electron chi connectivity index (χ0n) is 5.93. The van der Waals surface area contributed by atoms with Crippen molar-refractivity contribution in [3.63, 3.8) is 0 Å². The fourth-order valence-corrected chi connectivity index (χ4v) is 0.892. The third-order valence-electron chi connectivity index (χ3n) is 1.55. The Morgan fingerprint density at radius 1 is 1.33 bits per heavy atom. The van der Waals surface area contributed by atoms with E-state index in [2.05, 4.69) is 6.92 Å². The molecule has 0 aromatic heterocycles. The highest BCUT2D eigenvalue weighted by molar-refractivity contribution is 4.49. The molecule has 0 aromatic rings. The predicted octanol–water partition coefficient (Wildman–Crippen LogP) is 1.90. The summed E-state index contributed by atoms with van der Waals surface area (Å²) in [6.45, 7) is 2.71. The first kappa shape index (κ1) is 7.03. The molecule has 0 aliphatic carbocycles. The van der Waals surface area contributed by atoms with Gasteiger partial charge in [0.15, 0.2) is 13.1 Å². The van der Waals surface area contributed by atoms with Gasteiger partial charge in [-0.15, -0.1) is 0 Å². The van der Waals surface area contributed by atoms with Crippen LogP contribution in [0.2, 0.25) is 0 Å². The molecule has 54 valence electrons. The van der Waals surface area contributed by atoms with Crippen LogP contribution in [0.15, 0.2) is 0 Å². The molecule has 1 saturated heterocycles. The van der Waals surface area contributed by atoms with Crippen molar-refractivity contribution >= 4 is 0 Å². The van der Waals surface area contributed by atoms with E-state index in [1.165, 1.54) is 19.3 Å². The van der Waals surface area contributed by atoms with Crippen LogP contribution in [0.5, 0.6) is 0 Å². The molecule has 1 rings (SSSR count). The molecule has 0 unspecified atom stereocenters. The summed E-state index contributed by atoms with van der Waals surface area (Å²) in [4.78, 5) is 0. The monoisotopic (exact) mass is 130 g/mol. The highest BCUT2D eigenvalue weighted by Gasteiger charge is 2.16. The van der Waals surface area contributed by atoms with Gasteiger partial charge in [-0.3, -0.25) is 0 Å². The van der Waals surface area contributed by atoms with Gasteiger partial charge >= 0.3 is 0 Å². The van der Waals surface area contributed by atoms with Gasteiger partial charge in [0.05, 0.1) is 0 Å². The second-order valence-electron chi connectivity index (χ2n) is 2.38. The lowest BCUT2D eigenvalue weighted by molar-refractivity contribution is -0.322. The molecular weight excluding hydrogens is 116 g/mol. The maximum Gasteiger partial charge on any atom is 0.163 e. The largest absolute Gasteiger partial charge is 0.326 e. The second kappa shape index (κ2) is 3.85. The van der Waals surface area contributed by atoms with E-state index in [0.29, 0.717) is 6.79 Å². The van der Waals surface area contributed by atoms with Gasteiger partial charge in [-0.1, -0.05) is 19.8 Å². The Morgan fingerprint density at radius 3 is 2.56 bits per heavy atom. The Kier molecular flexibility index (Phi) is 3.01. The average molecular weight is 130 g/mol. The summed E-state index contributed by atoms with van der Waals surface area (Å²) >= 11 is 0. The molecule has 1 aliphatic heterocycles. The highest BCUT2D eigenvalue weighted by atomic mass is 16.8. The Morgan fingerprint density at radius 2 is 2.11 bits per heavy atom. The molecule has 0 saturated carbocycles. The quantitative estimate of drug-likeness (QED) is 0.541. The summed E-state index contributed by atoms with van der Waals surface area (Å²) in [5.74, 6) is 0. The van der Waals surface area contributed by atoms with Crippen molar-refractivity contribution < 1.29 is 9.47 Å². The van der Waals surface area contributed by atoms with Crippen molar-refractivity contribution in [1.29, 1.82) is 0 Å². The smallest absolute Gasteiger partial charge is 0.163 e. The molecule has 1 fully saturated rings. The van der Waals surface area contributed by atoms with Gasteiger partial charge in [-0.25, -0.2) is 0 Å². The second-order valence-corrected chi connectivity index (χ2v) is 2.38. The molecule has 9 heavy (non-hydrogen) atoms. The van der Waals surface area contributed by atoms with Crippen LogP contribution in [0.25, 0.3) is 0 Å². The van der Waals surface area contributed by atoms with Crippen LogP contribution in [-0.2, 0) is 9.47 Å². The lowest BCUT2D eigenvalue weighted by atomic mass is 10.2. The molecule has 0 bridgehead atoms. The van der Waals surface area contributed by atoms with E-state index in [1.54, 1.807) is 0 Å². The number of hydrogen-bond donors (Lipinski definition) is 0. The topological polar surface area (TPSA) is 18.5 Å². The number of rotatable bonds is 4. The van der Waals surface area contributed by atoms with Crippen LogP contribution in [0.1, 0.15) is 32.6 Å². The first-order chi connectivity index (χ1) is 4.43. The number of ether oxygens (including phenoxy) is 2. The van der Waals surface area contributed by atoms with E-state index < -0.39 is 0 Å². The van der Waals surface area contributed by atoms with E-state index in [0.717, 1.165) is 6.42 Å². The van der Waals surface area contributed by atoms with Gasteiger partial charge in [0.25, 0.3) is 0 Å². The maximum absolute atomic E-state index is 5.06. The lowest BCUT2D eigenvalue weighted by Gasteiger charge is -2.26. The molecule has 0 N–H and O–H groups in total. The first-order valence-electron chi connectivity index (χ1n) is 3.66. The molecule has 2 nitrogen and oxygen atoms in total. The summed E-state index contributed by atoms with van der Waals surface area (Å²) < 4.78 is 10.1. The van der Waals surface area contributed by atoms with Gasteiger partial charge in [0.2, 0.25) is 0 Å². The molecular formula is C7H14O2. The van der Waals surface area contributed by atoms with E-state index in [9.17, 15) is 0 Å². The van der Waals surface area contributed by atoms with Crippen molar-refractivity contribution in [3.8, 4) is 0 Å².